The summed E-state index contributed by atoms with van der Waals surface area (Å²) in [6, 6.07) is 11.3. The highest BCUT2D eigenvalue weighted by Crippen LogP contribution is 2.52. The zero-order valence-electron chi connectivity index (χ0n) is 13.0. The fraction of sp³-hybridized carbons (Fsp3) is 0.474. The molecule has 0 radical (unpaired) electrons. The molecular weight excluding hydrogens is 242 g/mol. The van der Waals surface area contributed by atoms with Gasteiger partial charge in [-0.3, -0.25) is 0 Å². The molecule has 104 valence electrons. The van der Waals surface area contributed by atoms with Crippen LogP contribution in [0.3, 0.4) is 0 Å². The summed E-state index contributed by atoms with van der Waals surface area (Å²) >= 11 is 0. The van der Waals surface area contributed by atoms with Crippen LogP contribution in [-0.4, -0.2) is 12.1 Å². The minimum absolute atomic E-state index is 0.243. The summed E-state index contributed by atoms with van der Waals surface area (Å²) in [6.07, 6.45) is 2.47. The average Bonchev–Trinajstić information content (AvgIpc) is 2.69. The van der Waals surface area contributed by atoms with Crippen molar-refractivity contribution in [2.24, 2.45) is 0 Å². The smallest absolute Gasteiger partial charge is 0.0448 e. The number of fused-ring (bicyclic) bond motifs is 2. The predicted octanol–water partition coefficient (Wildman–Crippen LogP) is 4.66. The van der Waals surface area contributed by atoms with E-state index in [1.165, 1.54) is 23.6 Å². The van der Waals surface area contributed by atoms with E-state index in [0.717, 1.165) is 6.54 Å². The molecule has 2 aliphatic rings. The van der Waals surface area contributed by atoms with Crippen molar-refractivity contribution in [3.05, 3.63) is 41.5 Å². The first-order chi connectivity index (χ1) is 9.40. The molecule has 0 bridgehead atoms. The largest absolute Gasteiger partial charge is 0.365 e. The molecule has 0 fully saturated rings. The Hall–Kier alpha value is -1.50. The SMILES string of the molecule is CC1(C)CN2c3c(cc4ccccc4c31)CCC2(C)C. The van der Waals surface area contributed by atoms with Crippen LogP contribution < -0.4 is 4.90 Å². The Morgan fingerprint density at radius 1 is 1.05 bits per heavy atom. The highest BCUT2D eigenvalue weighted by atomic mass is 15.2. The van der Waals surface area contributed by atoms with Crippen molar-refractivity contribution >= 4 is 16.5 Å². The molecule has 0 aromatic heterocycles. The third-order valence-electron chi connectivity index (χ3n) is 5.34. The first-order valence-electron chi connectivity index (χ1n) is 7.73. The van der Waals surface area contributed by atoms with Gasteiger partial charge in [-0.15, -0.1) is 0 Å². The molecule has 0 unspecified atom stereocenters. The van der Waals surface area contributed by atoms with Crippen molar-refractivity contribution in [1.82, 2.24) is 0 Å². The van der Waals surface area contributed by atoms with E-state index in [9.17, 15) is 0 Å². The van der Waals surface area contributed by atoms with E-state index in [2.05, 4.69) is 62.9 Å². The molecule has 2 aliphatic heterocycles. The van der Waals surface area contributed by atoms with Crippen molar-refractivity contribution in [2.75, 3.05) is 11.4 Å². The van der Waals surface area contributed by atoms with Crippen LogP contribution in [0.2, 0.25) is 0 Å². The third kappa shape index (κ3) is 1.44. The number of hydrogen-bond donors (Lipinski definition) is 0. The molecule has 0 N–H and O–H groups in total. The number of anilines is 1. The lowest BCUT2D eigenvalue weighted by Gasteiger charge is -2.43. The van der Waals surface area contributed by atoms with Gasteiger partial charge in [0.15, 0.2) is 0 Å². The Bertz CT molecular complexity index is 709. The number of aryl methyl sites for hydroxylation is 1. The fourth-order valence-corrected chi connectivity index (χ4v) is 4.22. The molecule has 2 aromatic carbocycles. The summed E-state index contributed by atoms with van der Waals surface area (Å²) in [5.74, 6) is 0. The van der Waals surface area contributed by atoms with Crippen molar-refractivity contribution in [2.45, 2.75) is 51.5 Å². The van der Waals surface area contributed by atoms with Gasteiger partial charge in [0.25, 0.3) is 0 Å². The predicted molar refractivity (Wildman–Crippen MR) is 86.7 cm³/mol. The molecule has 2 heterocycles. The number of hydrogen-bond acceptors (Lipinski definition) is 1. The fourth-order valence-electron chi connectivity index (χ4n) is 4.22. The Labute approximate surface area is 121 Å². The molecule has 0 saturated carbocycles. The van der Waals surface area contributed by atoms with Gasteiger partial charge < -0.3 is 4.90 Å². The zero-order valence-corrected chi connectivity index (χ0v) is 13.0. The molecule has 1 heteroatoms. The van der Waals surface area contributed by atoms with Crippen LogP contribution in [0.5, 0.6) is 0 Å². The maximum Gasteiger partial charge on any atom is 0.0448 e. The van der Waals surface area contributed by atoms with Gasteiger partial charge in [0, 0.05) is 23.2 Å². The standard InChI is InChI=1S/C19H23N/c1-18(2)12-20-17-14(9-10-19(20,3)4)11-13-7-5-6-8-15(13)16(17)18/h5-8,11H,9-10,12H2,1-4H3. The van der Waals surface area contributed by atoms with Gasteiger partial charge in [0.1, 0.15) is 0 Å². The monoisotopic (exact) mass is 265 g/mol. The molecule has 20 heavy (non-hydrogen) atoms. The van der Waals surface area contributed by atoms with Gasteiger partial charge in [0.05, 0.1) is 0 Å². The van der Waals surface area contributed by atoms with Crippen molar-refractivity contribution in [3.63, 3.8) is 0 Å². The van der Waals surface area contributed by atoms with Crippen LogP contribution in [-0.2, 0) is 11.8 Å². The highest BCUT2D eigenvalue weighted by Gasteiger charge is 2.45. The summed E-state index contributed by atoms with van der Waals surface area (Å²) in [5.41, 5.74) is 5.22. The van der Waals surface area contributed by atoms with Crippen LogP contribution in [0.25, 0.3) is 10.8 Å². The van der Waals surface area contributed by atoms with E-state index in [-0.39, 0.29) is 11.0 Å². The van der Waals surface area contributed by atoms with E-state index in [1.54, 1.807) is 16.8 Å². The molecular formula is C19H23N. The van der Waals surface area contributed by atoms with Gasteiger partial charge in [-0.1, -0.05) is 38.1 Å². The Balaban J connectivity index is 2.13. The number of benzene rings is 2. The first kappa shape index (κ1) is 12.3. The van der Waals surface area contributed by atoms with Crippen LogP contribution in [0.1, 0.15) is 45.2 Å². The normalized spacial score (nSPS) is 22.1. The number of nitrogens with zero attached hydrogens (tertiary/aromatic N) is 1. The molecule has 0 saturated heterocycles. The summed E-state index contributed by atoms with van der Waals surface area (Å²) in [7, 11) is 0. The van der Waals surface area contributed by atoms with Crippen LogP contribution in [0.15, 0.2) is 30.3 Å². The lowest BCUT2D eigenvalue weighted by Crippen LogP contribution is -2.47. The summed E-state index contributed by atoms with van der Waals surface area (Å²) < 4.78 is 0. The first-order valence-corrected chi connectivity index (χ1v) is 7.73. The molecule has 0 spiro atoms. The molecule has 2 aromatic rings. The minimum Gasteiger partial charge on any atom is -0.365 e. The van der Waals surface area contributed by atoms with Crippen LogP contribution >= 0.6 is 0 Å². The maximum atomic E-state index is 2.67. The van der Waals surface area contributed by atoms with Gasteiger partial charge in [0.2, 0.25) is 0 Å². The second kappa shape index (κ2) is 3.58. The van der Waals surface area contributed by atoms with Crippen molar-refractivity contribution in [1.29, 1.82) is 0 Å². The molecule has 4 rings (SSSR count). The average molecular weight is 265 g/mol. The number of rotatable bonds is 0. The zero-order chi connectivity index (χ0) is 14.1. The lowest BCUT2D eigenvalue weighted by atomic mass is 9.81. The Morgan fingerprint density at radius 3 is 2.60 bits per heavy atom. The molecule has 1 nitrogen and oxygen atoms in total. The summed E-state index contributed by atoms with van der Waals surface area (Å²) in [4.78, 5) is 2.67. The molecule has 0 aliphatic carbocycles. The van der Waals surface area contributed by atoms with E-state index in [4.69, 9.17) is 0 Å². The van der Waals surface area contributed by atoms with Crippen molar-refractivity contribution < 1.29 is 0 Å². The van der Waals surface area contributed by atoms with E-state index >= 15 is 0 Å². The van der Waals surface area contributed by atoms with Gasteiger partial charge >= 0.3 is 0 Å². The maximum absolute atomic E-state index is 2.67. The topological polar surface area (TPSA) is 3.24 Å². The third-order valence-corrected chi connectivity index (χ3v) is 5.34. The van der Waals surface area contributed by atoms with Crippen LogP contribution in [0.4, 0.5) is 5.69 Å². The van der Waals surface area contributed by atoms with Crippen LogP contribution in [0, 0.1) is 0 Å². The molecule has 0 atom stereocenters. The second-order valence-corrected chi connectivity index (χ2v) is 7.76. The van der Waals surface area contributed by atoms with Gasteiger partial charge in [-0.25, -0.2) is 0 Å². The Morgan fingerprint density at radius 2 is 1.80 bits per heavy atom. The highest BCUT2D eigenvalue weighted by molar-refractivity contribution is 5.95. The molecule has 0 amide bonds. The quantitative estimate of drug-likeness (QED) is 0.669. The minimum atomic E-state index is 0.243. The Kier molecular flexibility index (Phi) is 2.19. The summed E-state index contributed by atoms with van der Waals surface area (Å²) in [5, 5.41) is 2.87. The summed E-state index contributed by atoms with van der Waals surface area (Å²) in [6.45, 7) is 10.8. The van der Waals surface area contributed by atoms with E-state index in [0.29, 0.717) is 0 Å². The lowest BCUT2D eigenvalue weighted by molar-refractivity contribution is 0.395. The van der Waals surface area contributed by atoms with Gasteiger partial charge in [-0.05, 0) is 54.7 Å². The van der Waals surface area contributed by atoms with Gasteiger partial charge in [-0.2, -0.15) is 0 Å². The van der Waals surface area contributed by atoms with E-state index in [1.807, 2.05) is 0 Å². The van der Waals surface area contributed by atoms with Crippen molar-refractivity contribution in [3.8, 4) is 0 Å². The second-order valence-electron chi connectivity index (χ2n) is 7.76. The van der Waals surface area contributed by atoms with E-state index < -0.39 is 0 Å².